The first-order valence-corrected chi connectivity index (χ1v) is 7.26. The molecular weight excluding hydrogens is 230 g/mol. The second kappa shape index (κ2) is 8.02. The lowest BCUT2D eigenvalue weighted by molar-refractivity contribution is 0.395. The van der Waals surface area contributed by atoms with Gasteiger partial charge in [-0.1, -0.05) is 36.8 Å². The topological polar surface area (TPSA) is 12.0 Å². The minimum absolute atomic E-state index is 0.172. The van der Waals surface area contributed by atoms with Gasteiger partial charge in [0.15, 0.2) is 0 Å². The van der Waals surface area contributed by atoms with E-state index in [4.69, 9.17) is 6.42 Å². The Kier molecular flexibility index (Phi) is 6.67. The van der Waals surface area contributed by atoms with Gasteiger partial charge in [-0.15, -0.1) is 12.3 Å². The number of hydrogen-bond donors (Lipinski definition) is 1. The Morgan fingerprint density at radius 3 is 2.42 bits per heavy atom. The molecule has 0 aliphatic rings. The minimum atomic E-state index is 0.172. The third-order valence-electron chi connectivity index (χ3n) is 3.27. The number of rotatable bonds is 7. The van der Waals surface area contributed by atoms with Crippen LogP contribution in [-0.4, -0.2) is 12.1 Å². The van der Waals surface area contributed by atoms with E-state index in [-0.39, 0.29) is 5.54 Å². The van der Waals surface area contributed by atoms with Crippen molar-refractivity contribution in [1.82, 2.24) is 5.32 Å². The number of terminal acetylenes is 1. The van der Waals surface area contributed by atoms with Crippen LogP contribution in [-0.2, 0) is 0 Å². The van der Waals surface area contributed by atoms with Crippen LogP contribution in [0.4, 0.5) is 0 Å². The molecule has 0 aliphatic carbocycles. The summed E-state index contributed by atoms with van der Waals surface area (Å²) in [5.41, 5.74) is 1.60. The summed E-state index contributed by atoms with van der Waals surface area (Å²) in [6.07, 6.45) is 9.75. The van der Waals surface area contributed by atoms with Gasteiger partial charge in [0.25, 0.3) is 0 Å². The molecule has 1 nitrogen and oxygen atoms in total. The van der Waals surface area contributed by atoms with Crippen molar-refractivity contribution in [3.05, 3.63) is 35.9 Å². The molecule has 0 heterocycles. The van der Waals surface area contributed by atoms with Crippen molar-refractivity contribution in [3.63, 3.8) is 0 Å². The Balaban J connectivity index is 2.56. The molecule has 1 atom stereocenters. The van der Waals surface area contributed by atoms with Crippen LogP contribution in [0, 0.1) is 12.3 Å². The largest absolute Gasteiger partial charge is 0.311 e. The molecule has 0 saturated heterocycles. The molecule has 19 heavy (non-hydrogen) atoms. The van der Waals surface area contributed by atoms with Gasteiger partial charge in [0.1, 0.15) is 0 Å². The fraction of sp³-hybridized carbons (Fsp3) is 0.556. The second-order valence-electron chi connectivity index (χ2n) is 6.19. The van der Waals surface area contributed by atoms with Crippen LogP contribution in [0.15, 0.2) is 30.3 Å². The summed E-state index contributed by atoms with van der Waals surface area (Å²) in [6, 6.07) is 10.8. The van der Waals surface area contributed by atoms with Gasteiger partial charge >= 0.3 is 0 Å². The fourth-order valence-corrected chi connectivity index (χ4v) is 2.16. The Morgan fingerprint density at radius 1 is 1.16 bits per heavy atom. The fourth-order valence-electron chi connectivity index (χ4n) is 2.16. The third-order valence-corrected chi connectivity index (χ3v) is 3.27. The molecule has 0 amide bonds. The van der Waals surface area contributed by atoms with E-state index in [2.05, 4.69) is 62.3 Å². The van der Waals surface area contributed by atoms with Crippen molar-refractivity contribution in [3.8, 4) is 12.3 Å². The summed E-state index contributed by atoms with van der Waals surface area (Å²) >= 11 is 0. The van der Waals surface area contributed by atoms with E-state index in [1.165, 1.54) is 18.4 Å². The lowest BCUT2D eigenvalue weighted by atomic mass is 9.92. The highest BCUT2D eigenvalue weighted by Gasteiger charge is 2.15. The summed E-state index contributed by atoms with van der Waals surface area (Å²) in [5.74, 6) is 3.30. The highest BCUT2D eigenvalue weighted by Crippen LogP contribution is 2.22. The number of unbranched alkanes of at least 4 members (excludes halogenated alkanes) is 2. The van der Waals surface area contributed by atoms with Crippen molar-refractivity contribution in [1.29, 1.82) is 0 Å². The average molecular weight is 257 g/mol. The minimum Gasteiger partial charge on any atom is -0.311 e. The van der Waals surface area contributed by atoms with Crippen LogP contribution >= 0.6 is 0 Å². The summed E-state index contributed by atoms with van der Waals surface area (Å²) < 4.78 is 0. The molecule has 0 saturated carbocycles. The van der Waals surface area contributed by atoms with Gasteiger partial charge < -0.3 is 5.32 Å². The van der Waals surface area contributed by atoms with Crippen molar-refractivity contribution in [2.24, 2.45) is 0 Å². The molecule has 1 rings (SSSR count). The van der Waals surface area contributed by atoms with Gasteiger partial charge in [-0.3, -0.25) is 0 Å². The van der Waals surface area contributed by atoms with Crippen LogP contribution in [0.2, 0.25) is 0 Å². The standard InChI is InChI=1S/C18H27N/c1-5-6-7-9-14-17(15-19-18(2,3)4)16-12-10-8-11-13-16/h1,8,10-13,17,19H,6-7,9,14-15H2,2-4H3. The third kappa shape index (κ3) is 7.03. The predicted molar refractivity (Wildman–Crippen MR) is 84.2 cm³/mol. The smallest absolute Gasteiger partial charge is 0.00967 e. The molecule has 1 heteroatoms. The zero-order valence-corrected chi connectivity index (χ0v) is 12.6. The molecule has 1 N–H and O–H groups in total. The molecule has 0 aromatic heterocycles. The molecular formula is C18H27N. The predicted octanol–water partition coefficient (Wildman–Crippen LogP) is 4.35. The zero-order valence-electron chi connectivity index (χ0n) is 12.6. The van der Waals surface area contributed by atoms with E-state index < -0.39 is 0 Å². The SMILES string of the molecule is C#CCCCCC(CNC(C)(C)C)c1ccccc1. The number of nitrogens with one attached hydrogen (secondary N) is 1. The van der Waals surface area contributed by atoms with Crippen molar-refractivity contribution >= 4 is 0 Å². The lowest BCUT2D eigenvalue weighted by Crippen LogP contribution is -2.38. The molecule has 0 aliphatic heterocycles. The van der Waals surface area contributed by atoms with E-state index in [1.807, 2.05) is 0 Å². The Hall–Kier alpha value is -1.26. The number of hydrogen-bond acceptors (Lipinski definition) is 1. The molecule has 1 aromatic rings. The zero-order chi connectivity index (χ0) is 14.1. The maximum absolute atomic E-state index is 5.31. The first-order chi connectivity index (χ1) is 9.03. The summed E-state index contributed by atoms with van der Waals surface area (Å²) in [6.45, 7) is 7.68. The van der Waals surface area contributed by atoms with E-state index in [9.17, 15) is 0 Å². The molecule has 0 radical (unpaired) electrons. The summed E-state index contributed by atoms with van der Waals surface area (Å²) in [5, 5.41) is 3.62. The van der Waals surface area contributed by atoms with E-state index in [1.54, 1.807) is 0 Å². The van der Waals surface area contributed by atoms with Crippen LogP contribution < -0.4 is 5.32 Å². The monoisotopic (exact) mass is 257 g/mol. The van der Waals surface area contributed by atoms with Crippen LogP contribution in [0.3, 0.4) is 0 Å². The molecule has 1 aromatic carbocycles. The Morgan fingerprint density at radius 2 is 1.84 bits per heavy atom. The van der Waals surface area contributed by atoms with E-state index >= 15 is 0 Å². The summed E-state index contributed by atoms with van der Waals surface area (Å²) in [7, 11) is 0. The van der Waals surface area contributed by atoms with E-state index in [0.29, 0.717) is 5.92 Å². The van der Waals surface area contributed by atoms with Crippen LogP contribution in [0.1, 0.15) is 57.9 Å². The molecule has 0 fully saturated rings. The van der Waals surface area contributed by atoms with Gasteiger partial charge in [0, 0.05) is 18.5 Å². The van der Waals surface area contributed by atoms with Gasteiger partial charge in [-0.25, -0.2) is 0 Å². The van der Waals surface area contributed by atoms with Gasteiger partial charge in [0.2, 0.25) is 0 Å². The number of benzene rings is 1. The second-order valence-corrected chi connectivity index (χ2v) is 6.19. The van der Waals surface area contributed by atoms with Crippen molar-refractivity contribution < 1.29 is 0 Å². The van der Waals surface area contributed by atoms with Crippen LogP contribution in [0.25, 0.3) is 0 Å². The van der Waals surface area contributed by atoms with E-state index in [0.717, 1.165) is 19.4 Å². The van der Waals surface area contributed by atoms with Gasteiger partial charge in [-0.2, -0.15) is 0 Å². The highest BCUT2D eigenvalue weighted by molar-refractivity contribution is 5.20. The first-order valence-electron chi connectivity index (χ1n) is 7.26. The molecule has 0 bridgehead atoms. The maximum atomic E-state index is 5.31. The van der Waals surface area contributed by atoms with Gasteiger partial charge in [-0.05, 0) is 45.1 Å². The van der Waals surface area contributed by atoms with Crippen molar-refractivity contribution in [2.75, 3.05) is 6.54 Å². The Labute approximate surface area is 118 Å². The molecule has 0 spiro atoms. The normalized spacial score (nSPS) is 12.9. The first kappa shape index (κ1) is 15.8. The van der Waals surface area contributed by atoms with Crippen LogP contribution in [0.5, 0.6) is 0 Å². The molecule has 1 unspecified atom stereocenters. The van der Waals surface area contributed by atoms with Crippen molar-refractivity contribution in [2.45, 2.75) is 57.9 Å². The quantitative estimate of drug-likeness (QED) is 0.565. The average Bonchev–Trinajstić information content (AvgIpc) is 2.38. The highest BCUT2D eigenvalue weighted by atomic mass is 14.9. The van der Waals surface area contributed by atoms with Gasteiger partial charge in [0.05, 0.1) is 0 Å². The maximum Gasteiger partial charge on any atom is 0.00967 e. The summed E-state index contributed by atoms with van der Waals surface area (Å²) in [4.78, 5) is 0. The molecule has 104 valence electrons. The Bertz CT molecular complexity index is 380. The lowest BCUT2D eigenvalue weighted by Gasteiger charge is -2.25.